The van der Waals surface area contributed by atoms with Gasteiger partial charge in [0.05, 0.1) is 0 Å². The fourth-order valence-electron chi connectivity index (χ4n) is 1.90. The van der Waals surface area contributed by atoms with Crippen molar-refractivity contribution < 1.29 is 14.4 Å². The van der Waals surface area contributed by atoms with E-state index in [1.807, 2.05) is 19.2 Å². The molecule has 5 N–H and O–H groups in total. The number of benzene rings is 1. The van der Waals surface area contributed by atoms with Gasteiger partial charge < -0.3 is 16.4 Å². The molecule has 0 aromatic heterocycles. The topological polar surface area (TPSA) is 113 Å². The van der Waals surface area contributed by atoms with E-state index in [2.05, 4.69) is 10.6 Å². The van der Waals surface area contributed by atoms with Crippen molar-refractivity contribution in [2.24, 2.45) is 5.73 Å². The van der Waals surface area contributed by atoms with Gasteiger partial charge in [0.15, 0.2) is 0 Å². The Morgan fingerprint density at radius 2 is 1.86 bits per heavy atom. The van der Waals surface area contributed by atoms with Crippen LogP contribution in [0.5, 0.6) is 0 Å². The van der Waals surface area contributed by atoms with E-state index in [9.17, 15) is 14.4 Å². The number of anilines is 2. The molecule has 0 aliphatic rings. The maximum Gasteiger partial charge on any atom is 0.318 e. The van der Waals surface area contributed by atoms with Crippen molar-refractivity contribution >= 4 is 29.2 Å². The molecule has 0 fully saturated rings. The van der Waals surface area contributed by atoms with Crippen LogP contribution in [-0.4, -0.2) is 23.9 Å². The van der Waals surface area contributed by atoms with Crippen LogP contribution >= 0.6 is 0 Å². The van der Waals surface area contributed by atoms with Gasteiger partial charge >= 0.3 is 6.03 Å². The van der Waals surface area contributed by atoms with Crippen LogP contribution in [0.15, 0.2) is 18.2 Å². The number of urea groups is 1. The smallest absolute Gasteiger partial charge is 0.318 e. The number of rotatable bonds is 6. The first kappa shape index (κ1) is 17.5. The van der Waals surface area contributed by atoms with Crippen LogP contribution in [-0.2, 0) is 9.59 Å². The fourth-order valence-corrected chi connectivity index (χ4v) is 1.90. The molecule has 22 heavy (non-hydrogen) atoms. The summed E-state index contributed by atoms with van der Waals surface area (Å²) in [6.07, 6.45) is 1.22. The Bertz CT molecular complexity index is 572. The van der Waals surface area contributed by atoms with Crippen molar-refractivity contribution in [2.45, 2.75) is 39.7 Å². The standard InChI is InChI=1S/C15H22N4O3/c1-4-6-13(20)18-12-8-5-7-11(9(12)2)17-10(3)14(21)19-15(16)22/h5,7-8,10,17H,4,6H2,1-3H3,(H,18,20)(H3,16,19,21,22). The second-order valence-electron chi connectivity index (χ2n) is 5.00. The minimum absolute atomic E-state index is 0.0535. The zero-order valence-electron chi connectivity index (χ0n) is 13.0. The average Bonchev–Trinajstić information content (AvgIpc) is 2.42. The van der Waals surface area contributed by atoms with E-state index in [4.69, 9.17) is 5.73 Å². The summed E-state index contributed by atoms with van der Waals surface area (Å²) in [6, 6.07) is 3.82. The van der Waals surface area contributed by atoms with Crippen LogP contribution in [0.25, 0.3) is 0 Å². The van der Waals surface area contributed by atoms with Gasteiger partial charge in [-0.15, -0.1) is 0 Å². The largest absolute Gasteiger partial charge is 0.374 e. The van der Waals surface area contributed by atoms with Crippen LogP contribution in [0, 0.1) is 6.92 Å². The normalized spacial score (nSPS) is 11.4. The molecule has 0 aliphatic carbocycles. The summed E-state index contributed by atoms with van der Waals surface area (Å²) in [5, 5.41) is 7.84. The quantitative estimate of drug-likeness (QED) is 0.641. The van der Waals surface area contributed by atoms with Crippen LogP contribution in [0.3, 0.4) is 0 Å². The van der Waals surface area contributed by atoms with E-state index in [1.165, 1.54) is 0 Å². The third-order valence-electron chi connectivity index (χ3n) is 3.10. The Balaban J connectivity index is 2.81. The van der Waals surface area contributed by atoms with Crippen molar-refractivity contribution in [1.82, 2.24) is 5.32 Å². The van der Waals surface area contributed by atoms with Gasteiger partial charge in [-0.3, -0.25) is 14.9 Å². The molecule has 0 saturated heterocycles. The van der Waals surface area contributed by atoms with Gasteiger partial charge in [0.2, 0.25) is 11.8 Å². The number of primary amides is 1. The Morgan fingerprint density at radius 3 is 2.45 bits per heavy atom. The predicted octanol–water partition coefficient (Wildman–Crippen LogP) is 1.73. The SMILES string of the molecule is CCCC(=O)Nc1cccc(NC(C)C(=O)NC(N)=O)c1C. The monoisotopic (exact) mass is 306 g/mol. The Hall–Kier alpha value is -2.57. The van der Waals surface area contributed by atoms with Crippen LogP contribution in [0.2, 0.25) is 0 Å². The Labute approximate surface area is 129 Å². The van der Waals surface area contributed by atoms with Crippen LogP contribution in [0.1, 0.15) is 32.3 Å². The summed E-state index contributed by atoms with van der Waals surface area (Å²) in [5.41, 5.74) is 7.11. The molecule has 0 radical (unpaired) electrons. The van der Waals surface area contributed by atoms with E-state index in [-0.39, 0.29) is 5.91 Å². The minimum Gasteiger partial charge on any atom is -0.374 e. The van der Waals surface area contributed by atoms with Crippen LogP contribution < -0.4 is 21.7 Å². The van der Waals surface area contributed by atoms with Gasteiger partial charge in [-0.2, -0.15) is 0 Å². The molecule has 7 heteroatoms. The average molecular weight is 306 g/mol. The molecule has 0 aliphatic heterocycles. The molecule has 0 saturated carbocycles. The lowest BCUT2D eigenvalue weighted by molar-refractivity contribution is -0.120. The van der Waals surface area contributed by atoms with Crippen molar-refractivity contribution in [3.8, 4) is 0 Å². The molecular weight excluding hydrogens is 284 g/mol. The third kappa shape index (κ3) is 5.08. The number of nitrogens with one attached hydrogen (secondary N) is 3. The van der Waals surface area contributed by atoms with E-state index in [1.54, 1.807) is 25.1 Å². The lowest BCUT2D eigenvalue weighted by Crippen LogP contribution is -2.43. The summed E-state index contributed by atoms with van der Waals surface area (Å²) in [7, 11) is 0. The lowest BCUT2D eigenvalue weighted by Gasteiger charge is -2.18. The van der Waals surface area contributed by atoms with Gasteiger partial charge in [-0.25, -0.2) is 4.79 Å². The molecule has 1 aromatic rings. The van der Waals surface area contributed by atoms with Crippen molar-refractivity contribution in [2.75, 3.05) is 10.6 Å². The first-order valence-electron chi connectivity index (χ1n) is 7.11. The van der Waals surface area contributed by atoms with E-state index in [0.717, 1.165) is 12.0 Å². The van der Waals surface area contributed by atoms with Crippen molar-refractivity contribution in [1.29, 1.82) is 0 Å². The van der Waals surface area contributed by atoms with E-state index >= 15 is 0 Å². The highest BCUT2D eigenvalue weighted by Crippen LogP contribution is 2.24. The van der Waals surface area contributed by atoms with Gasteiger partial charge in [0, 0.05) is 17.8 Å². The maximum absolute atomic E-state index is 11.7. The zero-order valence-corrected chi connectivity index (χ0v) is 13.0. The highest BCUT2D eigenvalue weighted by Gasteiger charge is 2.16. The van der Waals surface area contributed by atoms with Gasteiger partial charge in [-0.05, 0) is 38.0 Å². The summed E-state index contributed by atoms with van der Waals surface area (Å²) < 4.78 is 0. The summed E-state index contributed by atoms with van der Waals surface area (Å²) >= 11 is 0. The molecule has 120 valence electrons. The van der Waals surface area contributed by atoms with Crippen LogP contribution in [0.4, 0.5) is 16.2 Å². The summed E-state index contributed by atoms with van der Waals surface area (Å²) in [4.78, 5) is 34.0. The first-order valence-corrected chi connectivity index (χ1v) is 7.11. The number of carbonyl (C=O) groups is 3. The number of nitrogens with two attached hydrogens (primary N) is 1. The maximum atomic E-state index is 11.7. The molecule has 1 unspecified atom stereocenters. The number of carbonyl (C=O) groups excluding carboxylic acids is 3. The molecule has 0 bridgehead atoms. The van der Waals surface area contributed by atoms with Gasteiger partial charge in [0.1, 0.15) is 6.04 Å². The third-order valence-corrected chi connectivity index (χ3v) is 3.10. The number of hydrogen-bond acceptors (Lipinski definition) is 4. The second kappa shape index (κ2) is 8.02. The Morgan fingerprint density at radius 1 is 1.23 bits per heavy atom. The highest BCUT2D eigenvalue weighted by atomic mass is 16.2. The molecule has 1 rings (SSSR count). The number of hydrogen-bond donors (Lipinski definition) is 4. The van der Waals surface area contributed by atoms with Gasteiger partial charge in [0.25, 0.3) is 0 Å². The molecule has 4 amide bonds. The van der Waals surface area contributed by atoms with E-state index in [0.29, 0.717) is 17.8 Å². The van der Waals surface area contributed by atoms with Gasteiger partial charge in [-0.1, -0.05) is 13.0 Å². The Kier molecular flexibility index (Phi) is 6.37. The number of amides is 4. The zero-order chi connectivity index (χ0) is 16.7. The molecule has 1 atom stereocenters. The fraction of sp³-hybridized carbons (Fsp3) is 0.400. The summed E-state index contributed by atoms with van der Waals surface area (Å²) in [6.45, 7) is 5.38. The summed E-state index contributed by atoms with van der Waals surface area (Å²) in [5.74, 6) is -0.574. The number of imide groups is 1. The second-order valence-corrected chi connectivity index (χ2v) is 5.00. The lowest BCUT2D eigenvalue weighted by atomic mass is 10.1. The molecule has 7 nitrogen and oxygen atoms in total. The molecule has 0 heterocycles. The minimum atomic E-state index is -0.893. The van der Waals surface area contributed by atoms with Crippen molar-refractivity contribution in [3.05, 3.63) is 23.8 Å². The molecule has 0 spiro atoms. The van der Waals surface area contributed by atoms with Crippen molar-refractivity contribution in [3.63, 3.8) is 0 Å². The molecule has 1 aromatic carbocycles. The predicted molar refractivity (Wildman–Crippen MR) is 85.5 cm³/mol. The molecular formula is C15H22N4O3. The highest BCUT2D eigenvalue weighted by molar-refractivity contribution is 5.97. The van der Waals surface area contributed by atoms with E-state index < -0.39 is 18.0 Å². The first-order chi connectivity index (χ1) is 10.3.